The van der Waals surface area contributed by atoms with E-state index in [-0.39, 0.29) is 23.5 Å². The molecule has 0 bridgehead atoms. The van der Waals surface area contributed by atoms with Gasteiger partial charge in [-0.25, -0.2) is 5.84 Å². The van der Waals surface area contributed by atoms with Crippen LogP contribution in [-0.2, 0) is 10.9 Å². The van der Waals surface area contributed by atoms with E-state index < -0.39 is 11.7 Å². The molecule has 3 atom stereocenters. The number of nitrogen functional groups attached to an aromatic ring is 1. The van der Waals surface area contributed by atoms with E-state index in [2.05, 4.69) is 26.7 Å². The van der Waals surface area contributed by atoms with Crippen molar-refractivity contribution in [3.63, 3.8) is 0 Å². The lowest BCUT2D eigenvalue weighted by molar-refractivity contribution is -0.137. The van der Waals surface area contributed by atoms with Gasteiger partial charge in [0.1, 0.15) is 5.69 Å². The summed E-state index contributed by atoms with van der Waals surface area (Å²) in [5, 5.41) is 1.53. The van der Waals surface area contributed by atoms with Gasteiger partial charge in [-0.2, -0.15) is 23.1 Å². The third kappa shape index (κ3) is 6.99. The largest absolute Gasteiger partial charge is 0.416 e. The van der Waals surface area contributed by atoms with E-state index in [4.69, 9.17) is 27.9 Å². The van der Waals surface area contributed by atoms with Gasteiger partial charge in [-0.1, -0.05) is 32.9 Å². The summed E-state index contributed by atoms with van der Waals surface area (Å²) in [6.07, 6.45) is -1.63. The molecule has 2 aromatic rings. The van der Waals surface area contributed by atoms with Gasteiger partial charge in [0.25, 0.3) is 0 Å². The van der Waals surface area contributed by atoms with E-state index in [9.17, 15) is 13.2 Å². The Balaban J connectivity index is 0.00000195. The van der Waals surface area contributed by atoms with Crippen LogP contribution in [0.3, 0.4) is 0 Å². The first-order valence-corrected chi connectivity index (χ1v) is 13.6. The van der Waals surface area contributed by atoms with Crippen LogP contribution in [0.1, 0.15) is 64.1 Å². The Hall–Kier alpha value is -2.34. The predicted molar refractivity (Wildman–Crippen MR) is 146 cm³/mol. The summed E-state index contributed by atoms with van der Waals surface area (Å²) in [6, 6.07) is 5.48. The number of ether oxygens (including phenoxy) is 1. The van der Waals surface area contributed by atoms with E-state index in [1.54, 1.807) is 12.1 Å². The molecule has 1 aromatic carbocycles. The summed E-state index contributed by atoms with van der Waals surface area (Å²) in [7, 11) is 0. The van der Waals surface area contributed by atoms with E-state index in [0.29, 0.717) is 43.5 Å². The SMILES string of the molecule is CC.CCC(c1ccc(C(F)(F)F)cc1)N1CCN(c2nc(Cl)nc(N(N)CC3CCCO3)c2N)C(C)C1. The second-order valence-corrected chi connectivity index (χ2v) is 9.76. The number of piperazine rings is 1. The fraction of sp³-hybridized carbons (Fsp3) is 0.615. The van der Waals surface area contributed by atoms with Crippen LogP contribution in [0, 0.1) is 0 Å². The lowest BCUT2D eigenvalue weighted by Crippen LogP contribution is -2.53. The first-order chi connectivity index (χ1) is 18.1. The van der Waals surface area contributed by atoms with Crippen LogP contribution in [0.5, 0.6) is 0 Å². The maximum absolute atomic E-state index is 13.0. The maximum atomic E-state index is 13.0. The number of nitrogens with two attached hydrogens (primary N) is 2. The highest BCUT2D eigenvalue weighted by Crippen LogP contribution is 2.36. The Labute approximate surface area is 228 Å². The number of hydrazine groups is 1. The number of aromatic nitrogens is 2. The minimum absolute atomic E-state index is 0.00437. The molecule has 2 aliphatic rings. The quantitative estimate of drug-likeness (QED) is 0.270. The number of rotatable bonds is 7. The van der Waals surface area contributed by atoms with Gasteiger partial charge in [-0.3, -0.25) is 9.91 Å². The van der Waals surface area contributed by atoms with Crippen LogP contribution < -0.4 is 21.5 Å². The van der Waals surface area contributed by atoms with E-state index >= 15 is 0 Å². The highest BCUT2D eigenvalue weighted by Gasteiger charge is 2.33. The van der Waals surface area contributed by atoms with E-state index in [0.717, 1.165) is 43.6 Å². The number of nitrogens with zero attached hydrogens (tertiary/aromatic N) is 5. The summed E-state index contributed by atoms with van der Waals surface area (Å²) in [5.41, 5.74) is 7.07. The number of hydrogen-bond acceptors (Lipinski definition) is 8. The molecule has 0 saturated carbocycles. The molecule has 0 spiro atoms. The van der Waals surface area contributed by atoms with Crippen LogP contribution in [0.4, 0.5) is 30.5 Å². The van der Waals surface area contributed by atoms with Gasteiger partial charge < -0.3 is 15.4 Å². The molecule has 2 fully saturated rings. The van der Waals surface area contributed by atoms with Crippen molar-refractivity contribution in [1.29, 1.82) is 0 Å². The van der Waals surface area contributed by atoms with Gasteiger partial charge >= 0.3 is 6.18 Å². The molecule has 8 nitrogen and oxygen atoms in total. The van der Waals surface area contributed by atoms with Crippen molar-refractivity contribution in [3.8, 4) is 0 Å². The van der Waals surface area contributed by atoms with Gasteiger partial charge in [-0.05, 0) is 55.5 Å². The fourth-order valence-corrected chi connectivity index (χ4v) is 5.29. The first-order valence-electron chi connectivity index (χ1n) is 13.2. The lowest BCUT2D eigenvalue weighted by Gasteiger charge is -2.44. The third-order valence-electron chi connectivity index (χ3n) is 6.96. The molecule has 4 rings (SSSR count). The average Bonchev–Trinajstić information content (AvgIpc) is 3.40. The van der Waals surface area contributed by atoms with Gasteiger partial charge in [0.2, 0.25) is 5.28 Å². The molecule has 0 aliphatic carbocycles. The molecule has 2 saturated heterocycles. The minimum atomic E-state index is -4.35. The van der Waals surface area contributed by atoms with E-state index in [1.165, 1.54) is 5.01 Å². The number of anilines is 3. The van der Waals surface area contributed by atoms with Crippen molar-refractivity contribution in [1.82, 2.24) is 14.9 Å². The van der Waals surface area contributed by atoms with Crippen LogP contribution >= 0.6 is 11.6 Å². The van der Waals surface area contributed by atoms with Crippen molar-refractivity contribution in [2.75, 3.05) is 48.4 Å². The molecule has 0 radical (unpaired) electrons. The second kappa shape index (κ2) is 13.1. The molecule has 3 heterocycles. The number of benzene rings is 1. The number of halogens is 4. The summed E-state index contributed by atoms with van der Waals surface area (Å²) in [5.74, 6) is 7.18. The van der Waals surface area contributed by atoms with Crippen molar-refractivity contribution in [3.05, 3.63) is 40.7 Å². The van der Waals surface area contributed by atoms with Gasteiger partial charge in [0.05, 0.1) is 18.2 Å². The highest BCUT2D eigenvalue weighted by molar-refractivity contribution is 6.28. The average molecular weight is 558 g/mol. The molecule has 212 valence electrons. The van der Waals surface area contributed by atoms with Gasteiger partial charge in [0.15, 0.2) is 11.6 Å². The molecule has 38 heavy (non-hydrogen) atoms. The summed E-state index contributed by atoms with van der Waals surface area (Å²) in [6.45, 7) is 11.2. The van der Waals surface area contributed by atoms with Crippen molar-refractivity contribution >= 4 is 28.9 Å². The first kappa shape index (κ1) is 30.2. The summed E-state index contributed by atoms with van der Waals surface area (Å²) in [4.78, 5) is 13.1. The molecule has 0 amide bonds. The normalized spacial score (nSPS) is 21.1. The zero-order valence-electron chi connectivity index (χ0n) is 22.5. The molecular formula is C26H39ClF3N7O. The topological polar surface area (TPSA) is 96.8 Å². The van der Waals surface area contributed by atoms with Crippen molar-refractivity contribution in [2.45, 2.75) is 71.3 Å². The lowest BCUT2D eigenvalue weighted by atomic mass is 9.99. The van der Waals surface area contributed by atoms with Crippen molar-refractivity contribution < 1.29 is 17.9 Å². The molecule has 3 unspecified atom stereocenters. The molecule has 2 aliphatic heterocycles. The van der Waals surface area contributed by atoms with Crippen LogP contribution in [0.25, 0.3) is 0 Å². The predicted octanol–water partition coefficient (Wildman–Crippen LogP) is 5.28. The maximum Gasteiger partial charge on any atom is 0.416 e. The zero-order chi connectivity index (χ0) is 28.0. The Morgan fingerprint density at radius 2 is 1.87 bits per heavy atom. The van der Waals surface area contributed by atoms with Crippen molar-refractivity contribution in [2.24, 2.45) is 5.84 Å². The standard InChI is InChI=1S/C24H33ClF3N7O.C2H6/c1-3-19(16-6-8-17(9-7-16)24(26,27)28)33-10-11-34(15(2)13-33)21-20(29)22(32-23(25)31-21)35(30)14-18-5-4-12-36-18;1-2/h6-9,15,18-19H,3-5,10-14,29-30H2,1-2H3;1-2H3. The molecule has 4 N–H and O–H groups in total. The Morgan fingerprint density at radius 3 is 2.42 bits per heavy atom. The van der Waals surface area contributed by atoms with Gasteiger partial charge in [0, 0.05) is 38.3 Å². The fourth-order valence-electron chi connectivity index (χ4n) is 5.13. The highest BCUT2D eigenvalue weighted by atomic mass is 35.5. The Kier molecular flexibility index (Phi) is 10.4. The number of hydrogen-bond donors (Lipinski definition) is 2. The Bertz CT molecular complexity index is 1030. The second-order valence-electron chi connectivity index (χ2n) is 9.42. The third-order valence-corrected chi connectivity index (χ3v) is 7.12. The summed E-state index contributed by atoms with van der Waals surface area (Å²) >= 11 is 6.27. The Morgan fingerprint density at radius 1 is 1.18 bits per heavy atom. The smallest absolute Gasteiger partial charge is 0.393 e. The number of alkyl halides is 3. The zero-order valence-corrected chi connectivity index (χ0v) is 23.3. The van der Waals surface area contributed by atoms with E-state index in [1.807, 2.05) is 20.8 Å². The molecule has 1 aromatic heterocycles. The minimum Gasteiger partial charge on any atom is -0.393 e. The van der Waals surface area contributed by atoms with Gasteiger partial charge in [-0.15, -0.1) is 0 Å². The summed E-state index contributed by atoms with van der Waals surface area (Å²) < 4.78 is 44.6. The molecular weight excluding hydrogens is 519 g/mol. The van der Waals surface area contributed by atoms with Crippen LogP contribution in [-0.4, -0.2) is 59.8 Å². The monoisotopic (exact) mass is 557 g/mol. The van der Waals surface area contributed by atoms with Crippen LogP contribution in [0.2, 0.25) is 5.28 Å². The molecule has 12 heteroatoms. The van der Waals surface area contributed by atoms with Crippen LogP contribution in [0.15, 0.2) is 24.3 Å².